The van der Waals surface area contributed by atoms with Crippen molar-refractivity contribution in [1.82, 2.24) is 9.78 Å². The summed E-state index contributed by atoms with van der Waals surface area (Å²) in [5.74, 6) is 0.801. The van der Waals surface area contributed by atoms with Crippen LogP contribution in [-0.4, -0.2) is 37.0 Å². The first kappa shape index (κ1) is 21.9. The molecule has 0 radical (unpaired) electrons. The van der Waals surface area contributed by atoms with Gasteiger partial charge in [0, 0.05) is 29.4 Å². The number of benzene rings is 3. The molecular formula is C25H23N3O5. The molecule has 1 aromatic heterocycles. The fourth-order valence-electron chi connectivity index (χ4n) is 3.55. The Balaban J connectivity index is 1.58. The van der Waals surface area contributed by atoms with Crippen molar-refractivity contribution in [3.8, 4) is 28.5 Å². The van der Waals surface area contributed by atoms with E-state index in [0.29, 0.717) is 28.6 Å². The number of nitrogens with zero attached hydrogens (tertiary/aromatic N) is 2. The average molecular weight is 445 g/mol. The maximum absolute atomic E-state index is 12.7. The first-order valence-corrected chi connectivity index (χ1v) is 10.2. The van der Waals surface area contributed by atoms with Gasteiger partial charge in [-0.25, -0.2) is 4.68 Å². The number of amides is 1. The van der Waals surface area contributed by atoms with Gasteiger partial charge in [-0.05, 0) is 22.9 Å². The standard InChI is InChI=1S/C25H23N3O5/c1-31-21-13-19(14-22(32-2)25(21)33-3)26-23(29)15-28-24(30)11-10-20(27-28)18-9-8-16-6-4-5-7-17(16)12-18/h4-14H,15H2,1-3H3,(H,26,29). The maximum atomic E-state index is 12.7. The number of hydrogen-bond acceptors (Lipinski definition) is 6. The second-order valence-electron chi connectivity index (χ2n) is 7.24. The number of rotatable bonds is 7. The van der Waals surface area contributed by atoms with E-state index in [1.54, 1.807) is 18.2 Å². The molecule has 8 heteroatoms. The molecule has 0 aliphatic rings. The third-order valence-corrected chi connectivity index (χ3v) is 5.15. The molecule has 0 spiro atoms. The van der Waals surface area contributed by atoms with Crippen molar-refractivity contribution in [2.24, 2.45) is 0 Å². The third-order valence-electron chi connectivity index (χ3n) is 5.15. The molecule has 8 nitrogen and oxygen atoms in total. The fourth-order valence-corrected chi connectivity index (χ4v) is 3.55. The monoisotopic (exact) mass is 445 g/mol. The third kappa shape index (κ3) is 4.64. The number of methoxy groups -OCH3 is 3. The maximum Gasteiger partial charge on any atom is 0.267 e. The van der Waals surface area contributed by atoms with Gasteiger partial charge >= 0.3 is 0 Å². The summed E-state index contributed by atoms with van der Waals surface area (Å²) in [7, 11) is 4.48. The van der Waals surface area contributed by atoms with Crippen LogP contribution in [0.5, 0.6) is 17.2 Å². The van der Waals surface area contributed by atoms with Crippen molar-refractivity contribution in [3.63, 3.8) is 0 Å². The number of ether oxygens (including phenoxy) is 3. The predicted molar refractivity (Wildman–Crippen MR) is 126 cm³/mol. The van der Waals surface area contributed by atoms with Crippen molar-refractivity contribution < 1.29 is 19.0 Å². The van der Waals surface area contributed by atoms with Crippen LogP contribution in [0.15, 0.2) is 71.5 Å². The zero-order chi connectivity index (χ0) is 23.4. The minimum atomic E-state index is -0.422. The number of nitrogens with one attached hydrogen (secondary N) is 1. The summed E-state index contributed by atoms with van der Waals surface area (Å²) in [6.45, 7) is -0.253. The molecule has 4 aromatic rings. The van der Waals surface area contributed by atoms with Gasteiger partial charge in [0.2, 0.25) is 11.7 Å². The van der Waals surface area contributed by atoms with Crippen molar-refractivity contribution in [2.75, 3.05) is 26.6 Å². The lowest BCUT2D eigenvalue weighted by molar-refractivity contribution is -0.117. The molecular weight excluding hydrogens is 422 g/mol. The molecule has 0 unspecified atom stereocenters. The largest absolute Gasteiger partial charge is 0.493 e. The summed E-state index contributed by atoms with van der Waals surface area (Å²) in [5.41, 5.74) is 1.52. The number of aromatic nitrogens is 2. The summed E-state index contributed by atoms with van der Waals surface area (Å²) in [5, 5.41) is 9.32. The molecule has 1 N–H and O–H groups in total. The normalized spacial score (nSPS) is 10.6. The quantitative estimate of drug-likeness (QED) is 0.466. The minimum absolute atomic E-state index is 0.253. The molecule has 33 heavy (non-hydrogen) atoms. The average Bonchev–Trinajstić information content (AvgIpc) is 2.84. The number of carbonyl (C=O) groups is 1. The Labute approximate surface area is 190 Å². The van der Waals surface area contributed by atoms with Crippen LogP contribution in [0.3, 0.4) is 0 Å². The van der Waals surface area contributed by atoms with Crippen LogP contribution in [-0.2, 0) is 11.3 Å². The van der Waals surface area contributed by atoms with Crippen molar-refractivity contribution >= 4 is 22.4 Å². The van der Waals surface area contributed by atoms with Gasteiger partial charge in [-0.1, -0.05) is 36.4 Å². The molecule has 4 rings (SSSR count). The van der Waals surface area contributed by atoms with Crippen molar-refractivity contribution in [3.05, 3.63) is 77.1 Å². The Bertz CT molecular complexity index is 1360. The van der Waals surface area contributed by atoms with E-state index in [-0.39, 0.29) is 12.1 Å². The summed E-state index contributed by atoms with van der Waals surface area (Å²) < 4.78 is 17.0. The molecule has 3 aromatic carbocycles. The van der Waals surface area contributed by atoms with Crippen LogP contribution < -0.4 is 25.1 Å². The van der Waals surface area contributed by atoms with Crippen molar-refractivity contribution in [2.45, 2.75) is 6.54 Å². The van der Waals surface area contributed by atoms with Gasteiger partial charge in [0.05, 0.1) is 27.0 Å². The second-order valence-corrected chi connectivity index (χ2v) is 7.24. The molecule has 0 aliphatic heterocycles. The lowest BCUT2D eigenvalue weighted by Gasteiger charge is -2.15. The Hall–Kier alpha value is -4.33. The van der Waals surface area contributed by atoms with Crippen LogP contribution >= 0.6 is 0 Å². The van der Waals surface area contributed by atoms with Gasteiger partial charge in [-0.15, -0.1) is 0 Å². The zero-order valence-corrected chi connectivity index (χ0v) is 18.5. The molecule has 0 fully saturated rings. The van der Waals surface area contributed by atoms with Gasteiger partial charge in [0.25, 0.3) is 5.56 Å². The molecule has 1 amide bonds. The fraction of sp³-hybridized carbons (Fsp3) is 0.160. The predicted octanol–water partition coefficient (Wildman–Crippen LogP) is 3.73. The lowest BCUT2D eigenvalue weighted by atomic mass is 10.1. The van der Waals surface area contributed by atoms with Crippen LogP contribution in [0.2, 0.25) is 0 Å². The van der Waals surface area contributed by atoms with Gasteiger partial charge in [-0.2, -0.15) is 5.10 Å². The summed E-state index contributed by atoms with van der Waals surface area (Å²) >= 11 is 0. The Morgan fingerprint density at radius 1 is 0.879 bits per heavy atom. The van der Waals surface area contributed by atoms with E-state index in [0.717, 1.165) is 21.0 Å². The minimum Gasteiger partial charge on any atom is -0.493 e. The Kier molecular flexibility index (Phi) is 6.26. The first-order chi connectivity index (χ1) is 16.0. The van der Waals surface area contributed by atoms with E-state index in [1.807, 2.05) is 42.5 Å². The molecule has 0 aliphatic carbocycles. The summed E-state index contributed by atoms with van der Waals surface area (Å²) in [6, 6.07) is 20.2. The second kappa shape index (κ2) is 9.44. The first-order valence-electron chi connectivity index (χ1n) is 10.2. The lowest BCUT2D eigenvalue weighted by Crippen LogP contribution is -2.29. The number of anilines is 1. The van der Waals surface area contributed by atoms with Gasteiger partial charge < -0.3 is 19.5 Å². The van der Waals surface area contributed by atoms with E-state index in [2.05, 4.69) is 10.4 Å². The summed E-state index contributed by atoms with van der Waals surface area (Å²) in [4.78, 5) is 25.0. The molecule has 0 atom stereocenters. The van der Waals surface area contributed by atoms with Gasteiger partial charge in [0.15, 0.2) is 11.5 Å². The van der Waals surface area contributed by atoms with Crippen LogP contribution in [0, 0.1) is 0 Å². The highest BCUT2D eigenvalue weighted by molar-refractivity contribution is 5.91. The van der Waals surface area contributed by atoms with E-state index >= 15 is 0 Å². The molecule has 0 bridgehead atoms. The van der Waals surface area contributed by atoms with Crippen LogP contribution in [0.1, 0.15) is 0 Å². The molecule has 0 saturated heterocycles. The van der Waals surface area contributed by atoms with E-state index < -0.39 is 5.91 Å². The zero-order valence-electron chi connectivity index (χ0n) is 18.5. The summed E-state index contributed by atoms with van der Waals surface area (Å²) in [6.07, 6.45) is 0. The number of carbonyl (C=O) groups excluding carboxylic acids is 1. The van der Waals surface area contributed by atoms with Gasteiger partial charge in [-0.3, -0.25) is 9.59 Å². The molecule has 0 saturated carbocycles. The molecule has 1 heterocycles. The highest BCUT2D eigenvalue weighted by Crippen LogP contribution is 2.39. The van der Waals surface area contributed by atoms with E-state index in [4.69, 9.17) is 14.2 Å². The molecule has 168 valence electrons. The number of hydrogen-bond donors (Lipinski definition) is 1. The van der Waals surface area contributed by atoms with Crippen molar-refractivity contribution in [1.29, 1.82) is 0 Å². The topological polar surface area (TPSA) is 91.7 Å². The SMILES string of the molecule is COc1cc(NC(=O)Cn2nc(-c3ccc4ccccc4c3)ccc2=O)cc(OC)c1OC. The van der Waals surface area contributed by atoms with Crippen LogP contribution in [0.25, 0.3) is 22.0 Å². The highest BCUT2D eigenvalue weighted by atomic mass is 16.5. The van der Waals surface area contributed by atoms with E-state index in [9.17, 15) is 9.59 Å². The Morgan fingerprint density at radius 3 is 2.24 bits per heavy atom. The van der Waals surface area contributed by atoms with Crippen LogP contribution in [0.4, 0.5) is 5.69 Å². The number of fused-ring (bicyclic) bond motifs is 1. The van der Waals surface area contributed by atoms with E-state index in [1.165, 1.54) is 27.4 Å². The smallest absolute Gasteiger partial charge is 0.267 e. The Morgan fingerprint density at radius 2 is 1.58 bits per heavy atom. The highest BCUT2D eigenvalue weighted by Gasteiger charge is 2.15. The van der Waals surface area contributed by atoms with Gasteiger partial charge in [0.1, 0.15) is 6.54 Å².